The molecule has 2 N–H and O–H groups in total. The molecule has 1 aromatic rings. The highest BCUT2D eigenvalue weighted by molar-refractivity contribution is 5.86. The Bertz CT molecular complexity index is 557. The molecule has 1 amide bonds. The summed E-state index contributed by atoms with van der Waals surface area (Å²) in [6, 6.07) is 5.81. The molecule has 0 unspecified atom stereocenters. The molecule has 1 heterocycles. The second kappa shape index (κ2) is 10.1. The van der Waals surface area contributed by atoms with Gasteiger partial charge in [0.2, 0.25) is 5.91 Å². The number of ether oxygens (including phenoxy) is 2. The molecule has 0 aliphatic carbocycles. The second-order valence-electron chi connectivity index (χ2n) is 6.47. The van der Waals surface area contributed by atoms with Crippen LogP contribution in [0.25, 0.3) is 0 Å². The van der Waals surface area contributed by atoms with Crippen LogP contribution in [0.3, 0.4) is 0 Å². The van der Waals surface area contributed by atoms with Gasteiger partial charge >= 0.3 is 0 Å². The van der Waals surface area contributed by atoms with Crippen molar-refractivity contribution in [2.45, 2.75) is 25.9 Å². The van der Waals surface area contributed by atoms with Crippen LogP contribution in [-0.4, -0.2) is 61.6 Å². The zero-order chi connectivity index (χ0) is 17.0. The number of hydrogen-bond acceptors (Lipinski definition) is 5. The number of hydrogen-bond donors (Lipinski definition) is 1. The number of nitrogens with two attached hydrogens (primary N) is 1. The molecule has 25 heavy (non-hydrogen) atoms. The van der Waals surface area contributed by atoms with E-state index in [4.69, 9.17) is 15.2 Å². The van der Waals surface area contributed by atoms with Gasteiger partial charge in [-0.3, -0.25) is 9.69 Å². The Morgan fingerprint density at radius 3 is 2.20 bits per heavy atom. The van der Waals surface area contributed by atoms with E-state index < -0.39 is 5.54 Å². The summed E-state index contributed by atoms with van der Waals surface area (Å²) in [5, 5.41) is 0. The third kappa shape index (κ3) is 6.22. The van der Waals surface area contributed by atoms with E-state index in [1.807, 2.05) is 23.1 Å². The van der Waals surface area contributed by atoms with Gasteiger partial charge in [-0.25, -0.2) is 0 Å². The van der Waals surface area contributed by atoms with E-state index in [9.17, 15) is 4.79 Å². The topological polar surface area (TPSA) is 68.0 Å². The van der Waals surface area contributed by atoms with Crippen molar-refractivity contribution in [2.75, 3.05) is 40.4 Å². The fourth-order valence-electron chi connectivity index (χ4n) is 2.76. The van der Waals surface area contributed by atoms with Crippen molar-refractivity contribution in [1.29, 1.82) is 0 Å². The Kier molecular flexibility index (Phi) is 9.58. The van der Waals surface area contributed by atoms with Crippen LogP contribution in [0, 0.1) is 0 Å². The molecule has 6 nitrogen and oxygen atoms in total. The predicted octanol–water partition coefficient (Wildman–Crippen LogP) is 1.93. The number of carbonyl (C=O) groups excluding carboxylic acids is 1. The molecule has 8 heteroatoms. The van der Waals surface area contributed by atoms with Crippen molar-refractivity contribution in [3.63, 3.8) is 0 Å². The average Bonchev–Trinajstić information content (AvgIpc) is 2.54. The second-order valence-corrected chi connectivity index (χ2v) is 6.47. The van der Waals surface area contributed by atoms with Gasteiger partial charge in [0.25, 0.3) is 0 Å². The fourth-order valence-corrected chi connectivity index (χ4v) is 2.76. The van der Waals surface area contributed by atoms with E-state index in [0.29, 0.717) is 13.1 Å². The van der Waals surface area contributed by atoms with E-state index in [1.54, 1.807) is 28.1 Å². The molecule has 144 valence electrons. The summed E-state index contributed by atoms with van der Waals surface area (Å²) in [6.45, 7) is 7.32. The summed E-state index contributed by atoms with van der Waals surface area (Å²) in [4.78, 5) is 16.4. The third-order valence-corrected chi connectivity index (χ3v) is 4.09. The zero-order valence-electron chi connectivity index (χ0n) is 15.3. The maximum absolute atomic E-state index is 12.2. The molecular weight excluding hydrogens is 365 g/mol. The van der Waals surface area contributed by atoms with Crippen molar-refractivity contribution in [2.24, 2.45) is 5.73 Å². The van der Waals surface area contributed by atoms with Crippen molar-refractivity contribution in [1.82, 2.24) is 9.80 Å². The van der Waals surface area contributed by atoms with Crippen LogP contribution in [0.1, 0.15) is 19.4 Å². The van der Waals surface area contributed by atoms with E-state index in [1.165, 1.54) is 0 Å². The monoisotopic (exact) mass is 393 g/mol. The molecule has 0 spiro atoms. The molecule has 1 aliphatic rings. The van der Waals surface area contributed by atoms with Crippen molar-refractivity contribution >= 4 is 30.7 Å². The highest BCUT2D eigenvalue weighted by atomic mass is 35.5. The Morgan fingerprint density at radius 2 is 1.72 bits per heavy atom. The maximum Gasteiger partial charge on any atom is 0.242 e. The van der Waals surface area contributed by atoms with Gasteiger partial charge < -0.3 is 20.1 Å². The molecule has 1 aliphatic heterocycles. The van der Waals surface area contributed by atoms with E-state index in [0.717, 1.165) is 36.7 Å². The minimum Gasteiger partial charge on any atom is -0.497 e. The summed E-state index contributed by atoms with van der Waals surface area (Å²) < 4.78 is 10.7. The van der Waals surface area contributed by atoms with Crippen LogP contribution in [0.4, 0.5) is 0 Å². The lowest BCUT2D eigenvalue weighted by Crippen LogP contribution is -2.56. The van der Waals surface area contributed by atoms with Crippen molar-refractivity contribution in [3.05, 3.63) is 23.8 Å². The Morgan fingerprint density at radius 1 is 1.12 bits per heavy atom. The van der Waals surface area contributed by atoms with Crippen molar-refractivity contribution in [3.8, 4) is 11.5 Å². The quantitative estimate of drug-likeness (QED) is 0.827. The Hall–Kier alpha value is -1.21. The van der Waals surface area contributed by atoms with Crippen LogP contribution < -0.4 is 15.2 Å². The largest absolute Gasteiger partial charge is 0.497 e. The van der Waals surface area contributed by atoms with Gasteiger partial charge in [0.1, 0.15) is 11.5 Å². The first-order valence-electron chi connectivity index (χ1n) is 7.86. The maximum atomic E-state index is 12.2. The van der Waals surface area contributed by atoms with E-state index in [2.05, 4.69) is 4.90 Å². The summed E-state index contributed by atoms with van der Waals surface area (Å²) >= 11 is 0. The zero-order valence-corrected chi connectivity index (χ0v) is 16.9. The number of amides is 1. The van der Waals surface area contributed by atoms with Gasteiger partial charge in [-0.15, -0.1) is 24.8 Å². The Labute approximate surface area is 162 Å². The van der Waals surface area contributed by atoms with Gasteiger partial charge in [-0.2, -0.15) is 0 Å². The van der Waals surface area contributed by atoms with E-state index >= 15 is 0 Å². The van der Waals surface area contributed by atoms with Crippen LogP contribution in [0.2, 0.25) is 0 Å². The molecule has 0 atom stereocenters. The van der Waals surface area contributed by atoms with Gasteiger partial charge in [0, 0.05) is 38.3 Å². The summed E-state index contributed by atoms with van der Waals surface area (Å²) in [5.74, 6) is 1.68. The van der Waals surface area contributed by atoms with Crippen molar-refractivity contribution < 1.29 is 14.3 Å². The van der Waals surface area contributed by atoms with E-state index in [-0.39, 0.29) is 30.7 Å². The number of piperazine rings is 1. The van der Waals surface area contributed by atoms with Gasteiger partial charge in [-0.05, 0) is 32.0 Å². The minimum absolute atomic E-state index is 0. The van der Waals surface area contributed by atoms with Crippen LogP contribution in [0.15, 0.2) is 18.2 Å². The number of halogens is 2. The molecule has 1 saturated heterocycles. The minimum atomic E-state index is -0.807. The standard InChI is InChI=1S/C17H27N3O3.2ClH/c1-17(2,18)16(21)20-9-7-19(8-10-20)12-13-11-14(22-3)5-6-15(13)23-4;;/h5-6,11H,7-10,12,18H2,1-4H3;2*1H. The van der Waals surface area contributed by atoms with Gasteiger partial charge in [-0.1, -0.05) is 0 Å². The molecular formula is C17H29Cl2N3O3. The summed E-state index contributed by atoms with van der Waals surface area (Å²) in [6.07, 6.45) is 0. The number of carbonyl (C=O) groups is 1. The number of rotatable bonds is 5. The fraction of sp³-hybridized carbons (Fsp3) is 0.588. The molecule has 0 radical (unpaired) electrons. The van der Waals surface area contributed by atoms with Crippen LogP contribution >= 0.6 is 24.8 Å². The van der Waals surface area contributed by atoms with Crippen LogP contribution in [0.5, 0.6) is 11.5 Å². The average molecular weight is 394 g/mol. The number of benzene rings is 1. The Balaban J connectivity index is 0.00000288. The van der Waals surface area contributed by atoms with Gasteiger partial charge in [0.15, 0.2) is 0 Å². The van der Waals surface area contributed by atoms with Crippen LogP contribution in [-0.2, 0) is 11.3 Å². The molecule has 2 rings (SSSR count). The normalized spacial score (nSPS) is 15.0. The molecule has 0 saturated carbocycles. The lowest BCUT2D eigenvalue weighted by molar-refractivity contribution is -0.137. The molecule has 0 bridgehead atoms. The third-order valence-electron chi connectivity index (χ3n) is 4.09. The summed E-state index contributed by atoms with van der Waals surface area (Å²) in [7, 11) is 3.33. The molecule has 1 fully saturated rings. The first-order chi connectivity index (χ1) is 10.8. The molecule has 1 aromatic carbocycles. The molecule has 0 aromatic heterocycles. The number of methoxy groups -OCH3 is 2. The first kappa shape index (κ1) is 23.8. The summed E-state index contributed by atoms with van der Waals surface area (Å²) in [5.41, 5.74) is 6.18. The lowest BCUT2D eigenvalue weighted by Gasteiger charge is -2.37. The highest BCUT2D eigenvalue weighted by Gasteiger charge is 2.30. The number of nitrogens with zero attached hydrogens (tertiary/aromatic N) is 2. The highest BCUT2D eigenvalue weighted by Crippen LogP contribution is 2.25. The SMILES string of the molecule is COc1ccc(OC)c(CN2CCN(C(=O)C(C)(C)N)CC2)c1.Cl.Cl. The lowest BCUT2D eigenvalue weighted by atomic mass is 10.0. The predicted molar refractivity (Wildman–Crippen MR) is 104 cm³/mol. The smallest absolute Gasteiger partial charge is 0.242 e. The van der Waals surface area contributed by atoms with Gasteiger partial charge in [0.05, 0.1) is 19.8 Å². The first-order valence-corrected chi connectivity index (χ1v) is 7.86.